The fourth-order valence-electron chi connectivity index (χ4n) is 4.46. The van der Waals surface area contributed by atoms with Gasteiger partial charge in [0, 0.05) is 25.1 Å². The summed E-state index contributed by atoms with van der Waals surface area (Å²) < 4.78 is 2.09. The third kappa shape index (κ3) is 4.16. The molecular formula is C25H25N5O3. The normalized spacial score (nSPS) is 15.2. The first-order chi connectivity index (χ1) is 16.1. The number of carbonyl (C=O) groups is 3. The van der Waals surface area contributed by atoms with E-state index in [9.17, 15) is 14.4 Å². The Morgan fingerprint density at radius 3 is 2.61 bits per heavy atom. The van der Waals surface area contributed by atoms with Crippen molar-refractivity contribution in [2.45, 2.75) is 45.2 Å². The van der Waals surface area contributed by atoms with E-state index in [0.717, 1.165) is 43.0 Å². The minimum Gasteiger partial charge on any atom is -0.345 e. The Labute approximate surface area is 191 Å². The van der Waals surface area contributed by atoms with Crippen molar-refractivity contribution >= 4 is 17.7 Å². The Bertz CT molecular complexity index is 1220. The number of carbonyl (C=O) groups excluding carboxylic acids is 3. The van der Waals surface area contributed by atoms with Crippen LogP contribution in [0, 0.1) is 0 Å². The van der Waals surface area contributed by atoms with Crippen molar-refractivity contribution in [2.24, 2.45) is 0 Å². The maximum atomic E-state index is 12.9. The summed E-state index contributed by atoms with van der Waals surface area (Å²) in [5.41, 5.74) is 2.01. The zero-order chi connectivity index (χ0) is 22.8. The Hall–Kier alpha value is -3.81. The molecule has 2 aliphatic rings. The van der Waals surface area contributed by atoms with Gasteiger partial charge in [-0.15, -0.1) is 10.2 Å². The third-order valence-electron chi connectivity index (χ3n) is 6.29. The molecule has 5 rings (SSSR count). The Kier molecular flexibility index (Phi) is 5.73. The minimum absolute atomic E-state index is 0.263. The highest BCUT2D eigenvalue weighted by atomic mass is 16.2. The van der Waals surface area contributed by atoms with E-state index in [0.29, 0.717) is 24.1 Å². The summed E-state index contributed by atoms with van der Waals surface area (Å²) in [5.74, 6) is 0.716. The number of aryl methyl sites for hydroxylation is 1. The van der Waals surface area contributed by atoms with Crippen LogP contribution in [0.3, 0.4) is 0 Å². The molecule has 8 nitrogen and oxygen atoms in total. The molecule has 2 aromatic carbocycles. The minimum atomic E-state index is -0.358. The molecule has 0 radical (unpaired) electrons. The summed E-state index contributed by atoms with van der Waals surface area (Å²) in [6.45, 7) is 1.43. The zero-order valence-electron chi connectivity index (χ0n) is 18.3. The van der Waals surface area contributed by atoms with Crippen LogP contribution in [0.5, 0.6) is 0 Å². The third-order valence-corrected chi connectivity index (χ3v) is 6.29. The maximum absolute atomic E-state index is 12.9. The Morgan fingerprint density at radius 2 is 1.76 bits per heavy atom. The molecule has 1 N–H and O–H groups in total. The van der Waals surface area contributed by atoms with Crippen molar-refractivity contribution in [1.82, 2.24) is 25.0 Å². The molecule has 0 bridgehead atoms. The lowest BCUT2D eigenvalue weighted by Gasteiger charge is -2.13. The second-order valence-corrected chi connectivity index (χ2v) is 8.44. The molecule has 8 heteroatoms. The van der Waals surface area contributed by atoms with Gasteiger partial charge in [-0.1, -0.05) is 36.8 Å². The molecule has 3 aromatic rings. The molecule has 0 spiro atoms. The summed E-state index contributed by atoms with van der Waals surface area (Å²) in [6, 6.07) is 14.4. The van der Waals surface area contributed by atoms with Gasteiger partial charge in [0.25, 0.3) is 17.7 Å². The standard InChI is InChI=1S/C25H25N5O3/c31-23(26-16-22-28-27-21-9-5-2-6-13-29(21)22)18-10-11-19-20(15-18)25(33)30(24(19)32)14-12-17-7-3-1-4-8-17/h1,3-4,7-8,10-11,15H,2,5-6,9,12-14,16H2,(H,26,31). The quantitative estimate of drug-likeness (QED) is 0.591. The summed E-state index contributed by atoms with van der Waals surface area (Å²) in [4.78, 5) is 39.7. The first-order valence-corrected chi connectivity index (χ1v) is 11.3. The second-order valence-electron chi connectivity index (χ2n) is 8.44. The van der Waals surface area contributed by atoms with E-state index >= 15 is 0 Å². The van der Waals surface area contributed by atoms with Crippen LogP contribution in [0.1, 0.15) is 67.5 Å². The number of imide groups is 1. The van der Waals surface area contributed by atoms with E-state index in [2.05, 4.69) is 20.1 Å². The molecule has 168 valence electrons. The molecule has 0 unspecified atom stereocenters. The fraction of sp³-hybridized carbons (Fsp3) is 0.320. The molecule has 0 fully saturated rings. The monoisotopic (exact) mass is 443 g/mol. The molecule has 0 aliphatic carbocycles. The number of benzene rings is 2. The number of fused-ring (bicyclic) bond motifs is 2. The van der Waals surface area contributed by atoms with Crippen LogP contribution in [0.25, 0.3) is 0 Å². The van der Waals surface area contributed by atoms with Gasteiger partial charge in [-0.2, -0.15) is 0 Å². The predicted molar refractivity (Wildman–Crippen MR) is 121 cm³/mol. The zero-order valence-corrected chi connectivity index (χ0v) is 18.3. The molecule has 33 heavy (non-hydrogen) atoms. The van der Waals surface area contributed by atoms with Crippen LogP contribution in [0.15, 0.2) is 48.5 Å². The number of aromatic nitrogens is 3. The topological polar surface area (TPSA) is 97.2 Å². The molecule has 0 atom stereocenters. The van der Waals surface area contributed by atoms with Crippen molar-refractivity contribution in [2.75, 3.05) is 6.54 Å². The van der Waals surface area contributed by atoms with Gasteiger partial charge in [0.05, 0.1) is 17.7 Å². The van der Waals surface area contributed by atoms with E-state index in [4.69, 9.17) is 0 Å². The average Bonchev–Trinajstić information content (AvgIpc) is 3.22. The van der Waals surface area contributed by atoms with Crippen LogP contribution in [0.4, 0.5) is 0 Å². The number of amides is 3. The van der Waals surface area contributed by atoms with Crippen molar-refractivity contribution in [1.29, 1.82) is 0 Å². The van der Waals surface area contributed by atoms with Gasteiger partial charge in [-0.25, -0.2) is 0 Å². The molecular weight excluding hydrogens is 418 g/mol. The Balaban J connectivity index is 1.26. The summed E-state index contributed by atoms with van der Waals surface area (Å²) in [7, 11) is 0. The number of nitrogens with one attached hydrogen (secondary N) is 1. The highest BCUT2D eigenvalue weighted by Crippen LogP contribution is 2.24. The molecule has 0 saturated carbocycles. The average molecular weight is 444 g/mol. The predicted octanol–water partition coefficient (Wildman–Crippen LogP) is 2.77. The first kappa shape index (κ1) is 21.1. The molecule has 2 aliphatic heterocycles. The van der Waals surface area contributed by atoms with Gasteiger partial charge in [0.15, 0.2) is 5.82 Å². The van der Waals surface area contributed by atoms with Gasteiger partial charge in [0.1, 0.15) is 5.82 Å². The van der Waals surface area contributed by atoms with Crippen LogP contribution in [-0.4, -0.2) is 43.9 Å². The lowest BCUT2D eigenvalue weighted by atomic mass is 10.1. The molecule has 0 saturated heterocycles. The number of hydrogen-bond donors (Lipinski definition) is 1. The summed E-state index contributed by atoms with van der Waals surface area (Å²) in [5, 5.41) is 11.4. The van der Waals surface area contributed by atoms with Gasteiger partial charge in [-0.3, -0.25) is 19.3 Å². The van der Waals surface area contributed by atoms with E-state index in [1.165, 1.54) is 17.4 Å². The largest absolute Gasteiger partial charge is 0.345 e. The highest BCUT2D eigenvalue weighted by molar-refractivity contribution is 6.22. The smallest absolute Gasteiger partial charge is 0.261 e. The number of rotatable bonds is 6. The van der Waals surface area contributed by atoms with E-state index in [1.807, 2.05) is 30.3 Å². The number of nitrogens with zero attached hydrogens (tertiary/aromatic N) is 4. The fourth-order valence-corrected chi connectivity index (χ4v) is 4.46. The first-order valence-electron chi connectivity index (χ1n) is 11.3. The van der Waals surface area contributed by atoms with Gasteiger partial charge >= 0.3 is 0 Å². The Morgan fingerprint density at radius 1 is 0.939 bits per heavy atom. The van der Waals surface area contributed by atoms with E-state index in [1.54, 1.807) is 12.1 Å². The van der Waals surface area contributed by atoms with Gasteiger partial charge in [-0.05, 0) is 43.0 Å². The molecule has 3 heterocycles. The van der Waals surface area contributed by atoms with Crippen LogP contribution in [-0.2, 0) is 25.9 Å². The van der Waals surface area contributed by atoms with Gasteiger partial charge in [0.2, 0.25) is 0 Å². The maximum Gasteiger partial charge on any atom is 0.261 e. The second kappa shape index (κ2) is 8.97. The van der Waals surface area contributed by atoms with Crippen molar-refractivity contribution < 1.29 is 14.4 Å². The van der Waals surface area contributed by atoms with E-state index < -0.39 is 0 Å². The van der Waals surface area contributed by atoms with Crippen LogP contribution >= 0.6 is 0 Å². The SMILES string of the molecule is O=C(NCc1nnc2n1CCCCC2)c1ccc2c(c1)C(=O)N(CCc1ccccc1)C2=O. The number of hydrogen-bond acceptors (Lipinski definition) is 5. The highest BCUT2D eigenvalue weighted by Gasteiger charge is 2.35. The van der Waals surface area contributed by atoms with Crippen molar-refractivity contribution in [3.05, 3.63) is 82.4 Å². The van der Waals surface area contributed by atoms with Crippen molar-refractivity contribution in [3.63, 3.8) is 0 Å². The summed E-state index contributed by atoms with van der Waals surface area (Å²) >= 11 is 0. The van der Waals surface area contributed by atoms with E-state index in [-0.39, 0.29) is 29.8 Å². The molecule has 3 amide bonds. The molecule has 1 aromatic heterocycles. The lowest BCUT2D eigenvalue weighted by molar-refractivity contribution is 0.0656. The lowest BCUT2D eigenvalue weighted by Crippen LogP contribution is -2.31. The van der Waals surface area contributed by atoms with Crippen LogP contribution < -0.4 is 5.32 Å². The summed E-state index contributed by atoms with van der Waals surface area (Å²) in [6.07, 6.45) is 4.84. The van der Waals surface area contributed by atoms with Gasteiger partial charge < -0.3 is 9.88 Å². The van der Waals surface area contributed by atoms with Crippen molar-refractivity contribution in [3.8, 4) is 0 Å². The van der Waals surface area contributed by atoms with Crippen LogP contribution in [0.2, 0.25) is 0 Å².